The lowest BCUT2D eigenvalue weighted by atomic mass is 10.1. The van der Waals surface area contributed by atoms with Crippen LogP contribution in [-0.2, 0) is 9.53 Å². The maximum absolute atomic E-state index is 11.2. The first-order valence-electron chi connectivity index (χ1n) is 7.01. The lowest BCUT2D eigenvalue weighted by Crippen LogP contribution is -2.55. The molecule has 1 aliphatic rings. The summed E-state index contributed by atoms with van der Waals surface area (Å²) in [7, 11) is 0. The Balaban J connectivity index is 2.30. The van der Waals surface area contributed by atoms with E-state index in [1.807, 2.05) is 39.0 Å². The van der Waals surface area contributed by atoms with Crippen LogP contribution in [0.5, 0.6) is 0 Å². The summed E-state index contributed by atoms with van der Waals surface area (Å²) in [4.78, 5) is 15.8. The van der Waals surface area contributed by atoms with E-state index in [1.54, 1.807) is 6.08 Å². The highest BCUT2D eigenvalue weighted by Crippen LogP contribution is 2.21. The average molecular weight is 320 g/mol. The van der Waals surface area contributed by atoms with Crippen molar-refractivity contribution >= 4 is 29.3 Å². The van der Waals surface area contributed by atoms with Gasteiger partial charge in [-0.1, -0.05) is 12.1 Å². The van der Waals surface area contributed by atoms with Gasteiger partial charge in [0.1, 0.15) is 12.4 Å². The van der Waals surface area contributed by atoms with Gasteiger partial charge in [0, 0.05) is 6.08 Å². The summed E-state index contributed by atoms with van der Waals surface area (Å²) in [5.41, 5.74) is 9.10. The first-order valence-corrected chi connectivity index (χ1v) is 7.46. The monoisotopic (exact) mass is 320 g/mol. The van der Waals surface area contributed by atoms with Crippen molar-refractivity contribution < 1.29 is 9.53 Å². The van der Waals surface area contributed by atoms with Crippen molar-refractivity contribution in [1.29, 1.82) is 0 Å². The molecule has 0 aliphatic carbocycles. The van der Waals surface area contributed by atoms with Gasteiger partial charge in [0.2, 0.25) is 11.0 Å². The Kier molecular flexibility index (Phi) is 5.46. The fourth-order valence-electron chi connectivity index (χ4n) is 1.98. The van der Waals surface area contributed by atoms with Crippen molar-refractivity contribution in [2.75, 3.05) is 13.2 Å². The second-order valence-electron chi connectivity index (χ2n) is 4.86. The van der Waals surface area contributed by atoms with Gasteiger partial charge in [-0.3, -0.25) is 15.6 Å². The zero-order valence-electron chi connectivity index (χ0n) is 12.9. The molecule has 0 aromatic heterocycles. The van der Waals surface area contributed by atoms with Crippen LogP contribution < -0.4 is 10.9 Å². The first kappa shape index (κ1) is 16.4. The quantitative estimate of drug-likeness (QED) is 0.724. The highest BCUT2D eigenvalue weighted by molar-refractivity contribution is 7.96. The molecule has 6 nitrogen and oxygen atoms in total. The summed E-state index contributed by atoms with van der Waals surface area (Å²) in [6.45, 7) is 6.54. The van der Waals surface area contributed by atoms with Crippen molar-refractivity contribution in [3.05, 3.63) is 41.3 Å². The molecule has 1 aliphatic heterocycles. The first-order chi connectivity index (χ1) is 10.5. The number of nitrogens with zero attached hydrogens (tertiary/aromatic N) is 2. The topological polar surface area (TPSA) is 66.0 Å². The molecular formula is C15H20N4O2S. The van der Waals surface area contributed by atoms with E-state index >= 15 is 0 Å². The van der Waals surface area contributed by atoms with E-state index in [4.69, 9.17) is 4.74 Å². The van der Waals surface area contributed by atoms with Crippen LogP contribution >= 0.6 is 12.6 Å². The number of aryl methyl sites for hydroxylation is 1. The number of nitrogens with one attached hydrogen (secondary N) is 2. The van der Waals surface area contributed by atoms with E-state index in [2.05, 4.69) is 28.5 Å². The number of hydrogen-bond donors (Lipinski definition) is 3. The third kappa shape index (κ3) is 4.25. The number of thiol groups is 1. The Morgan fingerprint density at radius 3 is 2.82 bits per heavy atom. The molecule has 7 heteroatoms. The highest BCUT2D eigenvalue weighted by Gasteiger charge is 2.18. The van der Waals surface area contributed by atoms with Crippen LogP contribution in [0.4, 0.5) is 5.69 Å². The minimum atomic E-state index is -0.274. The van der Waals surface area contributed by atoms with Crippen LogP contribution in [0.2, 0.25) is 0 Å². The van der Waals surface area contributed by atoms with Crippen molar-refractivity contribution in [2.45, 2.75) is 20.8 Å². The zero-order valence-corrected chi connectivity index (χ0v) is 13.8. The molecule has 1 aromatic carbocycles. The summed E-state index contributed by atoms with van der Waals surface area (Å²) < 4.78 is 5.47. The number of amidine groups is 1. The Hall–Kier alpha value is -1.99. The number of carbonyl (C=O) groups is 1. The summed E-state index contributed by atoms with van der Waals surface area (Å²) in [6.07, 6.45) is 1.75. The summed E-state index contributed by atoms with van der Waals surface area (Å²) >= 11 is 3.79. The normalized spacial score (nSPS) is 16.7. The number of benzene rings is 1. The largest absolute Gasteiger partial charge is 0.478 e. The third-order valence-electron chi connectivity index (χ3n) is 3.17. The minimum absolute atomic E-state index is 0.0688. The second kappa shape index (κ2) is 7.33. The zero-order chi connectivity index (χ0) is 16.1. The van der Waals surface area contributed by atoms with Gasteiger partial charge in [0.05, 0.1) is 12.3 Å². The number of hydrazine groups is 2. The third-order valence-corrected chi connectivity index (χ3v) is 3.31. The van der Waals surface area contributed by atoms with E-state index in [0.29, 0.717) is 18.3 Å². The molecule has 0 unspecified atom stereocenters. The summed E-state index contributed by atoms with van der Waals surface area (Å²) in [6, 6.07) is 5.95. The molecular weight excluding hydrogens is 300 g/mol. The smallest absolute Gasteiger partial charge is 0.206 e. The molecule has 2 rings (SSSR count). The Morgan fingerprint density at radius 2 is 2.14 bits per heavy atom. The van der Waals surface area contributed by atoms with Crippen LogP contribution in [0.3, 0.4) is 0 Å². The van der Waals surface area contributed by atoms with Crippen molar-refractivity contribution in [3.8, 4) is 0 Å². The van der Waals surface area contributed by atoms with Crippen LogP contribution in [0.1, 0.15) is 18.1 Å². The maximum Gasteiger partial charge on any atom is 0.206 e. The average Bonchev–Trinajstić information content (AvgIpc) is 2.43. The minimum Gasteiger partial charge on any atom is -0.478 e. The van der Waals surface area contributed by atoms with E-state index < -0.39 is 0 Å². The van der Waals surface area contributed by atoms with Gasteiger partial charge in [-0.25, -0.2) is 4.99 Å². The molecule has 0 fully saturated rings. The molecule has 118 valence electrons. The molecule has 0 bridgehead atoms. The van der Waals surface area contributed by atoms with Gasteiger partial charge in [-0.05, 0) is 38.0 Å². The molecule has 1 heterocycles. The molecule has 22 heavy (non-hydrogen) atoms. The van der Waals surface area contributed by atoms with Gasteiger partial charge in [0.15, 0.2) is 0 Å². The summed E-state index contributed by atoms with van der Waals surface area (Å²) in [5.74, 6) is 1.12. The van der Waals surface area contributed by atoms with Gasteiger partial charge < -0.3 is 4.74 Å². The van der Waals surface area contributed by atoms with Crippen LogP contribution in [-0.4, -0.2) is 29.2 Å². The maximum atomic E-state index is 11.2. The number of rotatable bonds is 5. The standard InChI is InChI=1S/C15H20N4O2S/c1-4-21-14-8-13(17-19(18-14)9-15(20)22)16-12-7-5-6-10(2)11(12)3/h5-8,18H,4,9H2,1-3H3,(H,16,17)(H,20,22). The summed E-state index contributed by atoms with van der Waals surface area (Å²) in [5, 5.41) is 1.22. The molecule has 0 radical (unpaired) electrons. The fourth-order valence-corrected chi connectivity index (χ4v) is 2.12. The number of aliphatic imine (C=N–C) groups is 1. The molecule has 0 spiro atoms. The van der Waals surface area contributed by atoms with Gasteiger partial charge in [-0.15, -0.1) is 17.7 Å². The predicted molar refractivity (Wildman–Crippen MR) is 89.7 cm³/mol. The van der Waals surface area contributed by atoms with Crippen LogP contribution in [0.25, 0.3) is 0 Å². The Morgan fingerprint density at radius 1 is 1.36 bits per heavy atom. The van der Waals surface area contributed by atoms with Crippen LogP contribution in [0, 0.1) is 13.8 Å². The second-order valence-corrected chi connectivity index (χ2v) is 5.36. The van der Waals surface area contributed by atoms with E-state index in [1.165, 1.54) is 10.7 Å². The van der Waals surface area contributed by atoms with Crippen molar-refractivity contribution in [3.63, 3.8) is 0 Å². The molecule has 0 saturated carbocycles. The molecule has 0 saturated heterocycles. The van der Waals surface area contributed by atoms with E-state index in [9.17, 15) is 4.79 Å². The predicted octanol–water partition coefficient (Wildman–Crippen LogP) is 1.99. The lowest BCUT2D eigenvalue weighted by molar-refractivity contribution is -0.113. The number of ether oxygens (including phenoxy) is 1. The van der Waals surface area contributed by atoms with E-state index in [0.717, 1.165) is 11.3 Å². The van der Waals surface area contributed by atoms with Gasteiger partial charge in [-0.2, -0.15) is 0 Å². The lowest BCUT2D eigenvalue weighted by Gasteiger charge is -2.29. The molecule has 1 aromatic rings. The Labute approximate surface area is 135 Å². The SMILES string of the molecule is CCOC1=CC(=Nc2cccc(C)c2C)NN(CC(=O)S)N1. The molecule has 2 N–H and O–H groups in total. The molecule has 0 amide bonds. The van der Waals surface area contributed by atoms with Gasteiger partial charge >= 0.3 is 0 Å². The van der Waals surface area contributed by atoms with Gasteiger partial charge in [0.25, 0.3) is 0 Å². The number of carbonyl (C=O) groups excluding carboxylic acids is 1. The van der Waals surface area contributed by atoms with Crippen molar-refractivity contribution in [1.82, 2.24) is 16.0 Å². The van der Waals surface area contributed by atoms with Crippen molar-refractivity contribution in [2.24, 2.45) is 4.99 Å². The number of hydrogen-bond acceptors (Lipinski definition) is 5. The van der Waals surface area contributed by atoms with E-state index in [-0.39, 0.29) is 11.7 Å². The van der Waals surface area contributed by atoms with Crippen LogP contribution in [0.15, 0.2) is 35.2 Å². The Bertz CT molecular complexity index is 628. The highest BCUT2D eigenvalue weighted by atomic mass is 32.1. The fraction of sp³-hybridized carbons (Fsp3) is 0.333. The molecule has 0 atom stereocenters.